The Morgan fingerprint density at radius 3 is 2.85 bits per heavy atom. The van der Waals surface area contributed by atoms with Gasteiger partial charge in [0.05, 0.1) is 18.4 Å². The number of hydrogen-bond donors (Lipinski definition) is 2. The second-order valence-electron chi connectivity index (χ2n) is 4.64. The Balaban J connectivity index is 1.86. The van der Waals surface area contributed by atoms with E-state index in [0.717, 1.165) is 12.8 Å². The molecule has 8 nitrogen and oxygen atoms in total. The number of aliphatic carboxylic acids is 1. The fraction of sp³-hybridized carbons (Fsp3) is 0.500. The number of carboxylic acid groups (broad SMARTS) is 1. The van der Waals surface area contributed by atoms with Gasteiger partial charge in [-0.25, -0.2) is 0 Å². The summed E-state index contributed by atoms with van der Waals surface area (Å²) in [5, 5.41) is 15.0. The number of anilines is 1. The lowest BCUT2D eigenvalue weighted by Gasteiger charge is -2.25. The monoisotopic (exact) mass is 280 g/mol. The predicted octanol–water partition coefficient (Wildman–Crippen LogP) is -0.0813. The van der Waals surface area contributed by atoms with Crippen LogP contribution in [0.3, 0.4) is 0 Å². The van der Waals surface area contributed by atoms with E-state index in [-0.39, 0.29) is 24.9 Å². The molecule has 0 aliphatic carbocycles. The van der Waals surface area contributed by atoms with Crippen molar-refractivity contribution in [1.29, 1.82) is 0 Å². The summed E-state index contributed by atoms with van der Waals surface area (Å²) in [5.41, 5.74) is 0.417. The van der Waals surface area contributed by atoms with Gasteiger partial charge in [-0.05, 0) is 12.8 Å². The van der Waals surface area contributed by atoms with Crippen LogP contribution in [-0.4, -0.2) is 50.7 Å². The Kier molecular flexibility index (Phi) is 4.34. The van der Waals surface area contributed by atoms with Gasteiger partial charge in [-0.3, -0.25) is 19.1 Å². The summed E-state index contributed by atoms with van der Waals surface area (Å²) in [4.78, 5) is 35.4. The lowest BCUT2D eigenvalue weighted by Crippen LogP contribution is -2.40. The standard InChI is InChI=1S/C12H16N4O4/c17-10(7-15-4-2-1-3-11(15)18)14-9-5-13-16(6-9)8-12(19)20/h5-6H,1-4,7-8H2,(H,14,17)(H,19,20). The molecule has 0 bridgehead atoms. The minimum Gasteiger partial charge on any atom is -0.480 e. The lowest BCUT2D eigenvalue weighted by atomic mass is 10.1. The molecule has 0 radical (unpaired) electrons. The second-order valence-corrected chi connectivity index (χ2v) is 4.64. The summed E-state index contributed by atoms with van der Waals surface area (Å²) in [5.74, 6) is -1.33. The summed E-state index contributed by atoms with van der Waals surface area (Å²) >= 11 is 0. The normalized spacial score (nSPS) is 15.2. The molecule has 2 amide bonds. The smallest absolute Gasteiger partial charge is 0.325 e. The number of likely N-dealkylation sites (tertiary alicyclic amines) is 1. The third-order valence-electron chi connectivity index (χ3n) is 2.97. The fourth-order valence-corrected chi connectivity index (χ4v) is 2.06. The first-order chi connectivity index (χ1) is 9.54. The molecule has 1 fully saturated rings. The second kappa shape index (κ2) is 6.18. The first kappa shape index (κ1) is 14.0. The number of carbonyl (C=O) groups excluding carboxylic acids is 2. The molecule has 1 aliphatic heterocycles. The van der Waals surface area contributed by atoms with Gasteiger partial charge >= 0.3 is 5.97 Å². The molecule has 108 valence electrons. The molecule has 0 unspecified atom stereocenters. The molecule has 0 atom stereocenters. The molecule has 1 aliphatic rings. The molecule has 2 heterocycles. The molecule has 0 spiro atoms. The summed E-state index contributed by atoms with van der Waals surface area (Å²) < 4.78 is 1.21. The first-order valence-corrected chi connectivity index (χ1v) is 6.36. The molecular weight excluding hydrogens is 264 g/mol. The molecule has 8 heteroatoms. The van der Waals surface area contributed by atoms with Gasteiger partial charge in [0, 0.05) is 19.2 Å². The Bertz CT molecular complexity index is 525. The molecule has 2 N–H and O–H groups in total. The van der Waals surface area contributed by atoms with E-state index in [1.807, 2.05) is 0 Å². The molecule has 1 saturated heterocycles. The van der Waals surface area contributed by atoms with E-state index in [9.17, 15) is 14.4 Å². The molecule has 20 heavy (non-hydrogen) atoms. The van der Waals surface area contributed by atoms with Crippen molar-refractivity contribution in [2.75, 3.05) is 18.4 Å². The Morgan fingerprint density at radius 2 is 2.15 bits per heavy atom. The van der Waals surface area contributed by atoms with Gasteiger partial charge in [-0.2, -0.15) is 5.10 Å². The quantitative estimate of drug-likeness (QED) is 0.785. The third kappa shape index (κ3) is 3.81. The van der Waals surface area contributed by atoms with Gasteiger partial charge in [-0.15, -0.1) is 0 Å². The number of amides is 2. The summed E-state index contributed by atoms with van der Waals surface area (Å²) in [6.45, 7) is 0.355. The highest BCUT2D eigenvalue weighted by Crippen LogP contribution is 2.11. The molecular formula is C12H16N4O4. The predicted molar refractivity (Wildman–Crippen MR) is 68.9 cm³/mol. The fourth-order valence-electron chi connectivity index (χ4n) is 2.06. The van der Waals surface area contributed by atoms with Gasteiger partial charge in [0.1, 0.15) is 6.54 Å². The third-order valence-corrected chi connectivity index (χ3v) is 2.97. The number of hydrogen-bond acceptors (Lipinski definition) is 4. The largest absolute Gasteiger partial charge is 0.480 e. The molecule has 1 aromatic rings. The zero-order chi connectivity index (χ0) is 14.5. The van der Waals surface area contributed by atoms with Crippen LogP contribution < -0.4 is 5.32 Å². The summed E-state index contributed by atoms with van der Waals surface area (Å²) in [6.07, 6.45) is 5.08. The SMILES string of the molecule is O=C(O)Cn1cc(NC(=O)CN2CCCCC2=O)cn1. The van der Waals surface area contributed by atoms with Crippen LogP contribution in [0.2, 0.25) is 0 Å². The topological polar surface area (TPSA) is 105 Å². The maximum absolute atomic E-state index is 11.8. The molecule has 0 saturated carbocycles. The Morgan fingerprint density at radius 1 is 1.35 bits per heavy atom. The van der Waals surface area contributed by atoms with E-state index < -0.39 is 5.97 Å². The van der Waals surface area contributed by atoms with Gasteiger partial charge in [0.2, 0.25) is 11.8 Å². The van der Waals surface area contributed by atoms with Crippen molar-refractivity contribution in [3.63, 3.8) is 0 Å². The van der Waals surface area contributed by atoms with Gasteiger partial charge in [0.25, 0.3) is 0 Å². The van der Waals surface area contributed by atoms with Crippen molar-refractivity contribution in [1.82, 2.24) is 14.7 Å². The van der Waals surface area contributed by atoms with Gasteiger partial charge in [0.15, 0.2) is 0 Å². The van der Waals surface area contributed by atoms with Crippen molar-refractivity contribution < 1.29 is 19.5 Å². The van der Waals surface area contributed by atoms with Crippen molar-refractivity contribution in [3.8, 4) is 0 Å². The van der Waals surface area contributed by atoms with E-state index in [0.29, 0.717) is 18.7 Å². The molecule has 2 rings (SSSR count). The Hall–Kier alpha value is -2.38. The number of rotatable bonds is 5. The average molecular weight is 280 g/mol. The average Bonchev–Trinajstić information content (AvgIpc) is 2.78. The van der Waals surface area contributed by atoms with Crippen LogP contribution in [0.5, 0.6) is 0 Å². The number of carbonyl (C=O) groups is 3. The minimum absolute atomic E-state index is 0.00651. The van der Waals surface area contributed by atoms with Crippen molar-refractivity contribution in [3.05, 3.63) is 12.4 Å². The van der Waals surface area contributed by atoms with E-state index >= 15 is 0 Å². The van der Waals surface area contributed by atoms with E-state index in [1.54, 1.807) is 0 Å². The van der Waals surface area contributed by atoms with Crippen LogP contribution >= 0.6 is 0 Å². The van der Waals surface area contributed by atoms with Crippen LogP contribution in [-0.2, 0) is 20.9 Å². The lowest BCUT2D eigenvalue weighted by molar-refractivity contribution is -0.138. The van der Waals surface area contributed by atoms with Crippen LogP contribution in [0.15, 0.2) is 12.4 Å². The van der Waals surface area contributed by atoms with Crippen LogP contribution in [0.25, 0.3) is 0 Å². The first-order valence-electron chi connectivity index (χ1n) is 6.36. The van der Waals surface area contributed by atoms with Crippen LogP contribution in [0, 0.1) is 0 Å². The maximum atomic E-state index is 11.8. The number of aromatic nitrogens is 2. The van der Waals surface area contributed by atoms with E-state index in [1.165, 1.54) is 22.0 Å². The summed E-state index contributed by atoms with van der Waals surface area (Å²) in [7, 11) is 0. The highest BCUT2D eigenvalue weighted by Gasteiger charge is 2.20. The van der Waals surface area contributed by atoms with E-state index in [4.69, 9.17) is 5.11 Å². The van der Waals surface area contributed by atoms with Crippen molar-refractivity contribution in [2.45, 2.75) is 25.8 Å². The Labute approximate surface area is 115 Å². The maximum Gasteiger partial charge on any atom is 0.325 e. The minimum atomic E-state index is -1.01. The highest BCUT2D eigenvalue weighted by atomic mass is 16.4. The molecule has 0 aromatic carbocycles. The number of carboxylic acids is 1. The van der Waals surface area contributed by atoms with Gasteiger partial charge < -0.3 is 15.3 Å². The molecule has 1 aromatic heterocycles. The number of nitrogens with one attached hydrogen (secondary N) is 1. The highest BCUT2D eigenvalue weighted by molar-refractivity contribution is 5.94. The zero-order valence-electron chi connectivity index (χ0n) is 10.9. The number of nitrogens with zero attached hydrogens (tertiary/aromatic N) is 3. The number of piperidine rings is 1. The van der Waals surface area contributed by atoms with Crippen molar-refractivity contribution >= 4 is 23.5 Å². The van der Waals surface area contributed by atoms with Gasteiger partial charge in [-0.1, -0.05) is 0 Å². The zero-order valence-corrected chi connectivity index (χ0v) is 10.9. The summed E-state index contributed by atoms with van der Waals surface area (Å²) in [6, 6.07) is 0. The van der Waals surface area contributed by atoms with E-state index in [2.05, 4.69) is 10.4 Å². The van der Waals surface area contributed by atoms with Crippen LogP contribution in [0.4, 0.5) is 5.69 Å². The van der Waals surface area contributed by atoms with Crippen molar-refractivity contribution in [2.24, 2.45) is 0 Å². The van der Waals surface area contributed by atoms with Crippen LogP contribution in [0.1, 0.15) is 19.3 Å².